The third kappa shape index (κ3) is 2.56. The molecule has 0 atom stereocenters. The molecule has 2 aromatic rings. The predicted octanol–water partition coefficient (Wildman–Crippen LogP) is 1.58. The van der Waals surface area contributed by atoms with E-state index >= 15 is 0 Å². The third-order valence-electron chi connectivity index (χ3n) is 3.32. The maximum absolute atomic E-state index is 11.9. The van der Waals surface area contributed by atoms with E-state index in [9.17, 15) is 24.6 Å². The van der Waals surface area contributed by atoms with E-state index in [2.05, 4.69) is 4.98 Å². The van der Waals surface area contributed by atoms with Gasteiger partial charge in [-0.15, -0.1) is 0 Å². The minimum atomic E-state index is -1.52. The molecule has 0 saturated carbocycles. The molecule has 0 aliphatic heterocycles. The highest BCUT2D eigenvalue weighted by Crippen LogP contribution is 2.29. The van der Waals surface area contributed by atoms with Crippen molar-refractivity contribution in [2.24, 2.45) is 0 Å². The molecule has 1 aromatic heterocycles. The standard InChI is InChI=1S/C15H14N2O5/c1-2-7-3-5-8(6-4-7)9-10(14(19)20)12(16)17-13(18)11(9)15(21)22/h3-6H,2H2,1H3,(H,19,20)(H,21,22)(H3,16,17,18). The molecule has 114 valence electrons. The van der Waals surface area contributed by atoms with E-state index in [0.29, 0.717) is 5.56 Å². The summed E-state index contributed by atoms with van der Waals surface area (Å²) in [6, 6.07) is 6.63. The van der Waals surface area contributed by atoms with Crippen molar-refractivity contribution in [1.29, 1.82) is 0 Å². The molecule has 0 saturated heterocycles. The zero-order valence-electron chi connectivity index (χ0n) is 11.7. The summed E-state index contributed by atoms with van der Waals surface area (Å²) >= 11 is 0. The smallest absolute Gasteiger partial charge is 0.342 e. The Morgan fingerprint density at radius 1 is 1.09 bits per heavy atom. The second-order valence-corrected chi connectivity index (χ2v) is 4.65. The number of carbonyl (C=O) groups is 2. The van der Waals surface area contributed by atoms with Crippen LogP contribution in [0.4, 0.5) is 5.82 Å². The fraction of sp³-hybridized carbons (Fsp3) is 0.133. The lowest BCUT2D eigenvalue weighted by atomic mass is 9.94. The average molecular weight is 302 g/mol. The molecule has 0 amide bonds. The first-order valence-electron chi connectivity index (χ1n) is 6.48. The van der Waals surface area contributed by atoms with Gasteiger partial charge in [0.15, 0.2) is 0 Å². The number of aryl methyl sites for hydroxylation is 1. The van der Waals surface area contributed by atoms with Crippen LogP contribution in [-0.4, -0.2) is 27.1 Å². The summed E-state index contributed by atoms with van der Waals surface area (Å²) in [6.07, 6.45) is 0.773. The van der Waals surface area contributed by atoms with Crippen LogP contribution in [-0.2, 0) is 6.42 Å². The van der Waals surface area contributed by atoms with Gasteiger partial charge in [-0.05, 0) is 17.5 Å². The molecule has 0 spiro atoms. The van der Waals surface area contributed by atoms with Gasteiger partial charge in [-0.1, -0.05) is 31.2 Å². The number of aromatic carboxylic acids is 2. The van der Waals surface area contributed by atoms with Crippen LogP contribution in [0.1, 0.15) is 33.2 Å². The summed E-state index contributed by atoms with van der Waals surface area (Å²) in [4.78, 5) is 36.7. The quantitative estimate of drug-likeness (QED) is 0.677. The Labute approximate surface area is 125 Å². The largest absolute Gasteiger partial charge is 0.478 e. The number of H-pyrrole nitrogens is 1. The van der Waals surface area contributed by atoms with Crippen LogP contribution in [0.25, 0.3) is 11.1 Å². The molecule has 2 rings (SSSR count). The lowest BCUT2D eigenvalue weighted by Gasteiger charge is -2.12. The molecule has 0 unspecified atom stereocenters. The van der Waals surface area contributed by atoms with Gasteiger partial charge in [-0.2, -0.15) is 0 Å². The molecule has 22 heavy (non-hydrogen) atoms. The predicted molar refractivity (Wildman–Crippen MR) is 80.2 cm³/mol. The highest BCUT2D eigenvalue weighted by molar-refractivity contribution is 6.07. The van der Waals surface area contributed by atoms with Crippen molar-refractivity contribution >= 4 is 17.8 Å². The first kappa shape index (κ1) is 15.3. The van der Waals surface area contributed by atoms with Gasteiger partial charge in [-0.25, -0.2) is 9.59 Å². The second kappa shape index (κ2) is 5.72. The van der Waals surface area contributed by atoms with Gasteiger partial charge in [0.25, 0.3) is 5.56 Å². The number of carboxylic acids is 2. The lowest BCUT2D eigenvalue weighted by Crippen LogP contribution is -2.24. The van der Waals surface area contributed by atoms with Crippen molar-refractivity contribution in [3.8, 4) is 11.1 Å². The Morgan fingerprint density at radius 3 is 2.09 bits per heavy atom. The number of benzene rings is 1. The van der Waals surface area contributed by atoms with Crippen LogP contribution in [0.3, 0.4) is 0 Å². The molecular weight excluding hydrogens is 288 g/mol. The second-order valence-electron chi connectivity index (χ2n) is 4.65. The zero-order chi connectivity index (χ0) is 16.4. The molecule has 5 N–H and O–H groups in total. The number of nitrogens with one attached hydrogen (secondary N) is 1. The molecule has 0 fully saturated rings. The molecule has 1 aromatic carbocycles. The lowest BCUT2D eigenvalue weighted by molar-refractivity contribution is 0.0695. The van der Waals surface area contributed by atoms with E-state index in [-0.39, 0.29) is 11.4 Å². The van der Waals surface area contributed by atoms with Crippen molar-refractivity contribution in [3.05, 3.63) is 51.3 Å². The number of aromatic nitrogens is 1. The first-order chi connectivity index (χ1) is 10.4. The monoisotopic (exact) mass is 302 g/mol. The summed E-state index contributed by atoms with van der Waals surface area (Å²) in [5.41, 5.74) is 4.66. The Balaban J connectivity index is 2.88. The summed E-state index contributed by atoms with van der Waals surface area (Å²) in [5.74, 6) is -3.30. The van der Waals surface area contributed by atoms with Gasteiger partial charge in [0.1, 0.15) is 16.9 Å². The van der Waals surface area contributed by atoms with Gasteiger partial charge in [0.05, 0.1) is 0 Å². The van der Waals surface area contributed by atoms with Gasteiger partial charge < -0.3 is 20.9 Å². The van der Waals surface area contributed by atoms with E-state index in [1.807, 2.05) is 6.92 Å². The van der Waals surface area contributed by atoms with Gasteiger partial charge in [-0.3, -0.25) is 4.79 Å². The Bertz CT molecular complexity index is 806. The highest BCUT2D eigenvalue weighted by atomic mass is 16.4. The number of rotatable bonds is 4. The van der Waals surface area contributed by atoms with Gasteiger partial charge in [0.2, 0.25) is 0 Å². The van der Waals surface area contributed by atoms with Crippen LogP contribution >= 0.6 is 0 Å². The maximum atomic E-state index is 11.9. The topological polar surface area (TPSA) is 133 Å². The van der Waals surface area contributed by atoms with Crippen LogP contribution in [0.2, 0.25) is 0 Å². The Kier molecular flexibility index (Phi) is 3.98. The van der Waals surface area contributed by atoms with Crippen molar-refractivity contribution < 1.29 is 19.8 Å². The minimum Gasteiger partial charge on any atom is -0.478 e. The fourth-order valence-electron chi connectivity index (χ4n) is 2.24. The van der Waals surface area contributed by atoms with Crippen molar-refractivity contribution in [1.82, 2.24) is 4.98 Å². The molecular formula is C15H14N2O5. The number of carboxylic acid groups (broad SMARTS) is 2. The van der Waals surface area contributed by atoms with Crippen LogP contribution in [0, 0.1) is 0 Å². The van der Waals surface area contributed by atoms with E-state index in [1.165, 1.54) is 0 Å². The number of nitrogen functional groups attached to an aromatic ring is 1. The normalized spacial score (nSPS) is 10.4. The number of hydrogen-bond acceptors (Lipinski definition) is 4. The molecule has 0 bridgehead atoms. The first-order valence-corrected chi connectivity index (χ1v) is 6.48. The molecule has 0 aliphatic rings. The number of aromatic amines is 1. The van der Waals surface area contributed by atoms with Gasteiger partial charge >= 0.3 is 11.9 Å². The van der Waals surface area contributed by atoms with Crippen molar-refractivity contribution in [2.45, 2.75) is 13.3 Å². The SMILES string of the molecule is CCc1ccc(-c2c(C(=O)O)c(N)[nH]c(=O)c2C(=O)O)cc1. The molecule has 7 heteroatoms. The number of anilines is 1. The summed E-state index contributed by atoms with van der Waals surface area (Å²) < 4.78 is 0. The zero-order valence-corrected chi connectivity index (χ0v) is 11.7. The van der Waals surface area contributed by atoms with Crippen molar-refractivity contribution in [3.63, 3.8) is 0 Å². The third-order valence-corrected chi connectivity index (χ3v) is 3.32. The Morgan fingerprint density at radius 2 is 1.64 bits per heavy atom. The van der Waals surface area contributed by atoms with Crippen LogP contribution in [0.15, 0.2) is 29.1 Å². The summed E-state index contributed by atoms with van der Waals surface area (Å²) in [6.45, 7) is 1.95. The number of pyridine rings is 1. The Hall–Kier alpha value is -3.09. The molecule has 7 nitrogen and oxygen atoms in total. The average Bonchev–Trinajstić information content (AvgIpc) is 2.45. The number of hydrogen-bond donors (Lipinski definition) is 4. The molecule has 0 aliphatic carbocycles. The van der Waals surface area contributed by atoms with E-state index in [0.717, 1.165) is 12.0 Å². The van der Waals surface area contributed by atoms with Crippen molar-refractivity contribution in [2.75, 3.05) is 5.73 Å². The summed E-state index contributed by atoms with van der Waals surface area (Å²) in [5, 5.41) is 18.6. The van der Waals surface area contributed by atoms with E-state index in [4.69, 9.17) is 5.73 Å². The fourth-order valence-corrected chi connectivity index (χ4v) is 2.24. The van der Waals surface area contributed by atoms with E-state index in [1.54, 1.807) is 24.3 Å². The maximum Gasteiger partial charge on any atom is 0.342 e. The minimum absolute atomic E-state index is 0.191. The highest BCUT2D eigenvalue weighted by Gasteiger charge is 2.26. The van der Waals surface area contributed by atoms with Crippen LogP contribution in [0.5, 0.6) is 0 Å². The molecule has 1 heterocycles. The molecule has 0 radical (unpaired) electrons. The van der Waals surface area contributed by atoms with Gasteiger partial charge in [0, 0.05) is 5.56 Å². The van der Waals surface area contributed by atoms with E-state index < -0.39 is 28.6 Å². The number of nitrogens with two attached hydrogens (primary N) is 1. The van der Waals surface area contributed by atoms with Crippen LogP contribution < -0.4 is 11.3 Å². The summed E-state index contributed by atoms with van der Waals surface area (Å²) in [7, 11) is 0.